The fourth-order valence-corrected chi connectivity index (χ4v) is 4.11. The van der Waals surface area contributed by atoms with Gasteiger partial charge in [0, 0.05) is 5.92 Å². The van der Waals surface area contributed by atoms with E-state index in [-0.39, 0.29) is 30.0 Å². The predicted octanol–water partition coefficient (Wildman–Crippen LogP) is 2.24. The maximum absolute atomic E-state index is 12.3. The van der Waals surface area contributed by atoms with E-state index in [2.05, 4.69) is 15.5 Å². The number of hydrogen-bond donors (Lipinski definition) is 1. The zero-order valence-corrected chi connectivity index (χ0v) is 14.7. The summed E-state index contributed by atoms with van der Waals surface area (Å²) in [6.07, 6.45) is 5.11. The minimum Gasteiger partial charge on any atom is -0.411 e. The predicted molar refractivity (Wildman–Crippen MR) is 90.1 cm³/mol. The topological polar surface area (TPSA) is 102 Å². The van der Waals surface area contributed by atoms with Gasteiger partial charge in [-0.1, -0.05) is 54.7 Å². The summed E-state index contributed by atoms with van der Waals surface area (Å²) >= 11 is 0. The Morgan fingerprint density at radius 1 is 1.12 bits per heavy atom. The van der Waals surface area contributed by atoms with Crippen LogP contribution in [0.25, 0.3) is 0 Å². The first-order valence-corrected chi connectivity index (χ1v) is 10.1. The average molecular weight is 363 g/mol. The number of carbonyl (C=O) groups is 1. The molecule has 1 N–H and O–H groups in total. The van der Waals surface area contributed by atoms with Crippen molar-refractivity contribution < 1.29 is 17.6 Å². The summed E-state index contributed by atoms with van der Waals surface area (Å²) in [5, 5.41) is 9.68. The molecule has 0 atom stereocenters. The highest BCUT2D eigenvalue weighted by atomic mass is 32.2. The Morgan fingerprint density at radius 3 is 2.56 bits per heavy atom. The molecule has 1 aromatic heterocycles. The van der Waals surface area contributed by atoms with Gasteiger partial charge in [-0.15, -0.1) is 5.10 Å². The summed E-state index contributed by atoms with van der Waals surface area (Å²) in [4.78, 5) is 12.1. The zero-order chi connectivity index (χ0) is 17.7. The molecule has 0 radical (unpaired) electrons. The Morgan fingerprint density at radius 2 is 1.84 bits per heavy atom. The van der Waals surface area contributed by atoms with Gasteiger partial charge in [-0.05, 0) is 18.4 Å². The molecular weight excluding hydrogens is 342 g/mol. The first-order valence-electron chi connectivity index (χ1n) is 8.41. The van der Waals surface area contributed by atoms with E-state index in [4.69, 9.17) is 4.42 Å². The van der Waals surface area contributed by atoms with Gasteiger partial charge in [-0.2, -0.15) is 0 Å². The van der Waals surface area contributed by atoms with Gasteiger partial charge in [0.05, 0.1) is 12.3 Å². The molecule has 1 aliphatic carbocycles. The number of hydrogen-bond acceptors (Lipinski definition) is 6. The van der Waals surface area contributed by atoms with Crippen molar-refractivity contribution in [1.29, 1.82) is 0 Å². The number of rotatable bonds is 6. The van der Waals surface area contributed by atoms with Crippen molar-refractivity contribution in [2.75, 3.05) is 0 Å². The lowest BCUT2D eigenvalue weighted by atomic mass is 9.89. The molecule has 25 heavy (non-hydrogen) atoms. The highest BCUT2D eigenvalue weighted by Gasteiger charge is 2.24. The molecule has 1 heterocycles. The fourth-order valence-electron chi connectivity index (χ4n) is 2.96. The first-order chi connectivity index (χ1) is 12.0. The van der Waals surface area contributed by atoms with Crippen LogP contribution in [-0.2, 0) is 26.9 Å². The maximum Gasteiger partial charge on any atom is 0.335 e. The van der Waals surface area contributed by atoms with Crippen molar-refractivity contribution >= 4 is 15.7 Å². The molecule has 1 amide bonds. The number of sulfone groups is 1. The van der Waals surface area contributed by atoms with E-state index in [1.54, 1.807) is 24.3 Å². The number of nitrogens with zero attached hydrogens (tertiary/aromatic N) is 2. The lowest BCUT2D eigenvalue weighted by Gasteiger charge is -2.20. The van der Waals surface area contributed by atoms with Gasteiger partial charge in [0.2, 0.25) is 21.6 Å². The highest BCUT2D eigenvalue weighted by Crippen LogP contribution is 2.23. The van der Waals surface area contributed by atoms with Gasteiger partial charge in [-0.3, -0.25) is 4.79 Å². The number of amides is 1. The number of aromatic nitrogens is 2. The summed E-state index contributed by atoms with van der Waals surface area (Å²) in [6.45, 7) is 0.0448. The van der Waals surface area contributed by atoms with Gasteiger partial charge in [0.1, 0.15) is 0 Å². The van der Waals surface area contributed by atoms with E-state index in [0.717, 1.165) is 25.7 Å². The Balaban J connectivity index is 1.59. The van der Waals surface area contributed by atoms with Crippen molar-refractivity contribution in [2.45, 2.75) is 49.6 Å². The minimum absolute atomic E-state index is 0.0259. The third-order valence-corrected chi connectivity index (χ3v) is 5.71. The number of carbonyl (C=O) groups excluding carboxylic acids is 1. The van der Waals surface area contributed by atoms with Crippen LogP contribution in [0.5, 0.6) is 0 Å². The second-order valence-electron chi connectivity index (χ2n) is 6.26. The summed E-state index contributed by atoms with van der Waals surface area (Å²) < 4.78 is 29.9. The lowest BCUT2D eigenvalue weighted by Crippen LogP contribution is -2.31. The molecule has 1 fully saturated rings. The second-order valence-corrected chi connectivity index (χ2v) is 8.13. The Bertz CT molecular complexity index is 811. The van der Waals surface area contributed by atoms with E-state index in [0.29, 0.717) is 5.56 Å². The van der Waals surface area contributed by atoms with Crippen molar-refractivity contribution in [3.8, 4) is 0 Å². The van der Waals surface area contributed by atoms with Crippen LogP contribution >= 0.6 is 0 Å². The van der Waals surface area contributed by atoms with Crippen LogP contribution in [-0.4, -0.2) is 24.5 Å². The van der Waals surface area contributed by atoms with Gasteiger partial charge in [0.15, 0.2) is 0 Å². The van der Waals surface area contributed by atoms with Crippen molar-refractivity contribution in [3.63, 3.8) is 0 Å². The van der Waals surface area contributed by atoms with Crippen molar-refractivity contribution in [3.05, 3.63) is 41.8 Å². The van der Waals surface area contributed by atoms with Crippen molar-refractivity contribution in [1.82, 2.24) is 15.5 Å². The van der Waals surface area contributed by atoms with Gasteiger partial charge in [0.25, 0.3) is 0 Å². The molecule has 3 rings (SSSR count). The molecule has 0 unspecified atom stereocenters. The molecule has 1 aliphatic rings. The summed E-state index contributed by atoms with van der Waals surface area (Å²) in [5.41, 5.74) is 0.646. The van der Waals surface area contributed by atoms with Crippen molar-refractivity contribution in [2.24, 2.45) is 5.92 Å². The van der Waals surface area contributed by atoms with E-state index in [1.807, 2.05) is 6.07 Å². The largest absolute Gasteiger partial charge is 0.411 e. The standard InChI is InChI=1S/C17H21N3O4S/c21-16(14-9-5-2-6-10-14)18-11-15-19-20-17(24-15)25(22,23)12-13-7-3-1-4-8-13/h1,3-4,7-8,14H,2,5-6,9-12H2,(H,18,21). The Labute approximate surface area is 146 Å². The van der Waals surface area contributed by atoms with Crippen LogP contribution in [0, 0.1) is 5.92 Å². The van der Waals surface area contributed by atoms with E-state index < -0.39 is 15.1 Å². The van der Waals surface area contributed by atoms with Crippen LogP contribution in [0.1, 0.15) is 43.6 Å². The SMILES string of the molecule is O=C(NCc1nnc(S(=O)(=O)Cc2ccccc2)o1)C1CCCCC1. The average Bonchev–Trinajstić information content (AvgIpc) is 3.11. The summed E-state index contributed by atoms with van der Waals surface area (Å²) in [7, 11) is -3.70. The monoisotopic (exact) mass is 363 g/mol. The summed E-state index contributed by atoms with van der Waals surface area (Å²) in [5.74, 6) is -0.121. The van der Waals surface area contributed by atoms with Crippen LogP contribution in [0.3, 0.4) is 0 Å². The number of benzene rings is 1. The fraction of sp³-hybridized carbons (Fsp3) is 0.471. The second kappa shape index (κ2) is 7.77. The molecule has 0 bridgehead atoms. The Kier molecular flexibility index (Phi) is 5.47. The molecular formula is C17H21N3O4S. The molecule has 8 heteroatoms. The van der Waals surface area contributed by atoms with Gasteiger partial charge >= 0.3 is 5.22 Å². The molecule has 134 valence electrons. The normalized spacial score (nSPS) is 15.8. The molecule has 0 spiro atoms. The molecule has 0 saturated heterocycles. The Hall–Kier alpha value is -2.22. The zero-order valence-electron chi connectivity index (χ0n) is 13.8. The van der Waals surface area contributed by atoms with Gasteiger partial charge in [-0.25, -0.2) is 8.42 Å². The highest BCUT2D eigenvalue weighted by molar-refractivity contribution is 7.90. The third kappa shape index (κ3) is 4.66. The molecule has 2 aromatic rings. The third-order valence-electron chi connectivity index (χ3n) is 4.30. The quantitative estimate of drug-likeness (QED) is 0.844. The van der Waals surface area contributed by atoms with Crippen LogP contribution < -0.4 is 5.32 Å². The van der Waals surface area contributed by atoms with Crippen LogP contribution in [0.2, 0.25) is 0 Å². The molecule has 1 aromatic carbocycles. The van der Waals surface area contributed by atoms with Gasteiger partial charge < -0.3 is 9.73 Å². The minimum atomic E-state index is -3.70. The molecule has 0 aliphatic heterocycles. The van der Waals surface area contributed by atoms with Crippen LogP contribution in [0.4, 0.5) is 0 Å². The smallest absolute Gasteiger partial charge is 0.335 e. The molecule has 1 saturated carbocycles. The first kappa shape index (κ1) is 17.6. The number of nitrogens with one attached hydrogen (secondary N) is 1. The van der Waals surface area contributed by atoms with E-state index >= 15 is 0 Å². The summed E-state index contributed by atoms with van der Waals surface area (Å²) in [6, 6.07) is 8.80. The van der Waals surface area contributed by atoms with E-state index in [1.165, 1.54) is 6.42 Å². The lowest BCUT2D eigenvalue weighted by molar-refractivity contribution is -0.126. The van der Waals surface area contributed by atoms with E-state index in [9.17, 15) is 13.2 Å². The van der Waals surface area contributed by atoms with Crippen LogP contribution in [0.15, 0.2) is 40.0 Å². The maximum atomic E-state index is 12.3. The molecule has 7 nitrogen and oxygen atoms in total.